The summed E-state index contributed by atoms with van der Waals surface area (Å²) in [5.41, 5.74) is 7.38. The van der Waals surface area contributed by atoms with Crippen LogP contribution in [0.1, 0.15) is 18.4 Å². The number of aromatic nitrogens is 2. The number of phenolic OH excluding ortho intramolecular Hbond substituents is 1. The van der Waals surface area contributed by atoms with Gasteiger partial charge in [0, 0.05) is 29.0 Å². The van der Waals surface area contributed by atoms with Gasteiger partial charge in [-0.25, -0.2) is 9.97 Å². The van der Waals surface area contributed by atoms with Crippen LogP contribution in [0.3, 0.4) is 0 Å². The predicted octanol–water partition coefficient (Wildman–Crippen LogP) is 8.41. The number of ether oxygens (including phenoxy) is 1. The molecule has 2 aliphatic carbocycles. The molecule has 61 heavy (non-hydrogen) atoms. The summed E-state index contributed by atoms with van der Waals surface area (Å²) < 4.78 is 18.0. The maximum atomic E-state index is 14.8. The van der Waals surface area contributed by atoms with Gasteiger partial charge in [0.05, 0.1) is 41.3 Å². The van der Waals surface area contributed by atoms with E-state index in [1.54, 1.807) is 73.0 Å². The summed E-state index contributed by atoms with van der Waals surface area (Å²) in [5, 5.41) is 10.4. The first-order chi connectivity index (χ1) is 29.8. The van der Waals surface area contributed by atoms with Gasteiger partial charge < -0.3 is 18.7 Å². The van der Waals surface area contributed by atoms with Crippen molar-refractivity contribution in [1.82, 2.24) is 9.97 Å². The Morgan fingerprint density at radius 2 is 1.18 bits per heavy atom. The van der Waals surface area contributed by atoms with E-state index in [-0.39, 0.29) is 35.8 Å². The van der Waals surface area contributed by atoms with Crippen molar-refractivity contribution in [3.05, 3.63) is 144 Å². The molecule has 12 nitrogen and oxygen atoms in total. The van der Waals surface area contributed by atoms with E-state index in [4.69, 9.17) is 13.6 Å². The zero-order chi connectivity index (χ0) is 41.1. The van der Waals surface area contributed by atoms with Gasteiger partial charge in [-0.1, -0.05) is 35.9 Å². The quantitative estimate of drug-likeness (QED) is 0.132. The Kier molecular flexibility index (Phi) is 7.65. The summed E-state index contributed by atoms with van der Waals surface area (Å²) in [6.07, 6.45) is 4.57. The van der Waals surface area contributed by atoms with Crippen molar-refractivity contribution in [2.24, 2.45) is 35.5 Å². The summed E-state index contributed by atoms with van der Waals surface area (Å²) in [6.45, 7) is 0. The van der Waals surface area contributed by atoms with Crippen LogP contribution in [0.15, 0.2) is 148 Å². The lowest BCUT2D eigenvalue weighted by atomic mass is 9.56. The highest BCUT2D eigenvalue weighted by Crippen LogP contribution is 2.58. The Labute approximate surface area is 347 Å². The highest BCUT2D eigenvalue weighted by molar-refractivity contribution is 6.24. The first kappa shape index (κ1) is 35.4. The van der Waals surface area contributed by atoms with Crippen LogP contribution in [-0.4, -0.2) is 38.7 Å². The number of benzene rings is 5. The molecule has 3 aliphatic heterocycles. The normalized spacial score (nSPS) is 24.3. The number of hydrogen-bond donors (Lipinski definition) is 1. The Morgan fingerprint density at radius 3 is 1.79 bits per heavy atom. The van der Waals surface area contributed by atoms with Gasteiger partial charge in [0.2, 0.25) is 35.4 Å². The van der Waals surface area contributed by atoms with E-state index < -0.39 is 35.5 Å². The molecule has 1 N–H and O–H groups in total. The molecule has 5 heterocycles. The summed E-state index contributed by atoms with van der Waals surface area (Å²) in [7, 11) is 0. The Balaban J connectivity index is 0.885. The minimum absolute atomic E-state index is 0.0827. The van der Waals surface area contributed by atoms with E-state index in [2.05, 4.69) is 9.97 Å². The second kappa shape index (κ2) is 13.2. The number of amides is 4. The first-order valence-corrected chi connectivity index (χ1v) is 20.3. The number of oxazole rings is 2. The van der Waals surface area contributed by atoms with Gasteiger partial charge in [-0.3, -0.25) is 29.0 Å². The molecule has 12 heteroatoms. The number of imide groups is 2. The second-order valence-corrected chi connectivity index (χ2v) is 16.4. The largest absolute Gasteiger partial charge is 0.508 e. The molecule has 298 valence electrons. The highest BCUT2D eigenvalue weighted by atomic mass is 16.5. The number of anilines is 2. The van der Waals surface area contributed by atoms with Gasteiger partial charge in [0.15, 0.2) is 11.2 Å². The molecule has 2 saturated heterocycles. The van der Waals surface area contributed by atoms with Crippen molar-refractivity contribution in [2.75, 3.05) is 9.80 Å². The van der Waals surface area contributed by atoms with E-state index in [1.165, 1.54) is 9.80 Å². The molecule has 0 radical (unpaired) electrons. The summed E-state index contributed by atoms with van der Waals surface area (Å²) in [5.74, 6) is -3.78. The zero-order valence-electron chi connectivity index (χ0n) is 32.3. The van der Waals surface area contributed by atoms with Crippen molar-refractivity contribution in [3.8, 4) is 34.4 Å². The highest BCUT2D eigenvalue weighted by Gasteiger charge is 2.62. The van der Waals surface area contributed by atoms with Crippen LogP contribution in [0.4, 0.5) is 11.4 Å². The second-order valence-electron chi connectivity index (χ2n) is 16.4. The lowest BCUT2D eigenvalue weighted by molar-refractivity contribution is -0.126. The molecule has 0 spiro atoms. The fourth-order valence-corrected chi connectivity index (χ4v) is 10.4. The van der Waals surface area contributed by atoms with E-state index in [1.807, 2.05) is 54.6 Å². The third kappa shape index (κ3) is 5.37. The van der Waals surface area contributed by atoms with Crippen LogP contribution in [0.5, 0.6) is 11.5 Å². The average molecular weight is 807 g/mol. The molecule has 0 bridgehead atoms. The number of nitrogens with zero attached hydrogens (tertiary/aromatic N) is 4. The molecular formula is C49H34N4O8. The SMILES string of the molecule is O=C1[C@H]2[C@H](CC=C3[C@H](C4=COc5ccc(O)cc5C4)[C@@H]4C(=O)N(c5ccc(-c6nc7ccccc7o6)cc5)C(=O)[C@@H]4C[C@H]32)C(=O)N1c1ccc(-c2nc3ccccc3o2)cc1. The average Bonchev–Trinajstić information content (AvgIpc) is 4.04. The van der Waals surface area contributed by atoms with Gasteiger partial charge in [0.25, 0.3) is 0 Å². The van der Waals surface area contributed by atoms with Crippen molar-refractivity contribution in [1.29, 1.82) is 0 Å². The smallest absolute Gasteiger partial charge is 0.238 e. The van der Waals surface area contributed by atoms with Crippen molar-refractivity contribution in [3.63, 3.8) is 0 Å². The molecule has 1 saturated carbocycles. The molecular weight excluding hydrogens is 773 g/mol. The predicted molar refractivity (Wildman–Crippen MR) is 223 cm³/mol. The molecule has 0 unspecified atom stereocenters. The van der Waals surface area contributed by atoms with E-state index in [0.717, 1.165) is 27.7 Å². The molecule has 5 aromatic carbocycles. The van der Waals surface area contributed by atoms with Gasteiger partial charge in [-0.2, -0.15) is 0 Å². The van der Waals surface area contributed by atoms with Crippen molar-refractivity contribution >= 4 is 57.2 Å². The number of rotatable bonds is 5. The Hall–Kier alpha value is -7.60. The van der Waals surface area contributed by atoms with Crippen LogP contribution >= 0.6 is 0 Å². The van der Waals surface area contributed by atoms with Crippen LogP contribution in [0.25, 0.3) is 45.1 Å². The van der Waals surface area contributed by atoms with Gasteiger partial charge in [-0.05, 0) is 115 Å². The molecule has 4 amide bonds. The van der Waals surface area contributed by atoms with Crippen LogP contribution in [-0.2, 0) is 25.6 Å². The van der Waals surface area contributed by atoms with Crippen LogP contribution in [0, 0.1) is 35.5 Å². The number of allylic oxidation sites excluding steroid dienone is 3. The lowest BCUT2D eigenvalue weighted by Gasteiger charge is -2.45. The monoisotopic (exact) mass is 806 g/mol. The molecule has 5 aliphatic rings. The summed E-state index contributed by atoms with van der Waals surface area (Å²) in [6, 6.07) is 33.9. The number of aromatic hydroxyl groups is 1. The van der Waals surface area contributed by atoms with E-state index >= 15 is 0 Å². The van der Waals surface area contributed by atoms with Gasteiger partial charge in [-0.15, -0.1) is 0 Å². The minimum Gasteiger partial charge on any atom is -0.508 e. The Bertz CT molecular complexity index is 3020. The number of fused-ring (bicyclic) bond motifs is 7. The maximum Gasteiger partial charge on any atom is 0.238 e. The summed E-state index contributed by atoms with van der Waals surface area (Å²) >= 11 is 0. The fraction of sp³-hybridized carbons (Fsp3) is 0.184. The number of carbonyl (C=O) groups excluding carboxylic acids is 4. The van der Waals surface area contributed by atoms with Crippen molar-refractivity contribution in [2.45, 2.75) is 19.3 Å². The third-order valence-corrected chi connectivity index (χ3v) is 13.2. The number of para-hydroxylation sites is 4. The van der Waals surface area contributed by atoms with E-state index in [0.29, 0.717) is 64.0 Å². The fourth-order valence-electron chi connectivity index (χ4n) is 10.4. The van der Waals surface area contributed by atoms with Gasteiger partial charge >= 0.3 is 0 Å². The number of hydrogen-bond acceptors (Lipinski definition) is 10. The topological polar surface area (TPSA) is 156 Å². The van der Waals surface area contributed by atoms with Crippen molar-refractivity contribution < 1.29 is 37.9 Å². The third-order valence-electron chi connectivity index (χ3n) is 13.2. The zero-order valence-corrected chi connectivity index (χ0v) is 32.3. The van der Waals surface area contributed by atoms with Crippen LogP contribution < -0.4 is 14.5 Å². The molecule has 6 atom stereocenters. The van der Waals surface area contributed by atoms with Gasteiger partial charge in [0.1, 0.15) is 22.5 Å². The molecule has 7 aromatic rings. The maximum absolute atomic E-state index is 14.8. The minimum atomic E-state index is -0.778. The van der Waals surface area contributed by atoms with E-state index in [9.17, 15) is 24.3 Å². The summed E-state index contributed by atoms with van der Waals surface area (Å²) in [4.78, 5) is 70.2. The first-order valence-electron chi connectivity index (χ1n) is 20.3. The molecule has 2 aromatic heterocycles. The standard InChI is InChI=1S/C49H34N4O8/c54-31-17-20-38-27(22-31)21-28(24-59-38)41-32-18-19-33-42(48(57)52(46(33)55)29-13-9-25(10-14-29)44-50-36-5-1-3-7-39(36)60-44)34(32)23-35-43(41)49(58)53(47(35)56)30-15-11-26(12-16-30)45-51-37-6-2-4-8-40(37)61-45/h1-18,20,22,24,33-35,41-43,54H,19,21,23H2/t33-,34+,35+,41-,42-,43+/m0/s1. The molecule has 12 rings (SSSR count). The molecule has 3 fully saturated rings. The lowest BCUT2D eigenvalue weighted by Crippen LogP contribution is -2.45. The Morgan fingerprint density at radius 1 is 0.607 bits per heavy atom. The number of phenols is 1. The van der Waals surface area contributed by atoms with Crippen LogP contribution in [0.2, 0.25) is 0 Å². The number of carbonyl (C=O) groups is 4.